The van der Waals surface area contributed by atoms with Gasteiger partial charge >= 0.3 is 0 Å². The fraction of sp³-hybridized carbons (Fsp3) is 0.588. The third-order valence-electron chi connectivity index (χ3n) is 4.61. The van der Waals surface area contributed by atoms with Crippen molar-refractivity contribution in [1.82, 2.24) is 10.2 Å². The van der Waals surface area contributed by atoms with Crippen LogP contribution in [0.5, 0.6) is 11.5 Å². The number of hydrogen-bond acceptors (Lipinski definition) is 4. The molecule has 1 amide bonds. The van der Waals surface area contributed by atoms with Crippen LogP contribution in [0.25, 0.3) is 0 Å². The number of amides is 1. The molecule has 0 spiro atoms. The Hall–Kier alpha value is -1.46. The first kappa shape index (κ1) is 17.9. The maximum Gasteiger partial charge on any atom is 0.257 e. The Bertz CT molecular complexity index is 541. The lowest BCUT2D eigenvalue weighted by Crippen LogP contribution is -2.45. The van der Waals surface area contributed by atoms with Crippen LogP contribution in [0.3, 0.4) is 0 Å². The van der Waals surface area contributed by atoms with Crippen LogP contribution in [-0.4, -0.2) is 48.7 Å². The number of nitrogens with one attached hydrogen (secondary N) is 1. The zero-order chi connectivity index (χ0) is 15.5. The summed E-state index contributed by atoms with van der Waals surface area (Å²) in [6.07, 6.45) is 4.67. The number of halogens is 1. The predicted octanol–water partition coefficient (Wildman–Crippen LogP) is 2.43. The Balaban J connectivity index is 0.00000192. The molecule has 0 aromatic heterocycles. The number of aromatic hydroxyl groups is 1. The van der Waals surface area contributed by atoms with Gasteiger partial charge in [-0.15, -0.1) is 12.4 Å². The van der Waals surface area contributed by atoms with Gasteiger partial charge in [0, 0.05) is 19.1 Å². The molecule has 1 aliphatic carbocycles. The van der Waals surface area contributed by atoms with Gasteiger partial charge < -0.3 is 20.1 Å². The van der Waals surface area contributed by atoms with E-state index in [2.05, 4.69) is 5.32 Å². The molecule has 1 heterocycles. The summed E-state index contributed by atoms with van der Waals surface area (Å²) in [5, 5.41) is 13.5. The average Bonchev–Trinajstić information content (AvgIpc) is 3.38. The lowest BCUT2D eigenvalue weighted by atomic mass is 10.0. The monoisotopic (exact) mass is 340 g/mol. The molecule has 2 aliphatic rings. The SMILES string of the molecule is COc1ccc(O)c(C(=O)N2CCC(NCC3CC3)CC2)c1.Cl. The summed E-state index contributed by atoms with van der Waals surface area (Å²) < 4.78 is 5.13. The fourth-order valence-corrected chi connectivity index (χ4v) is 2.93. The summed E-state index contributed by atoms with van der Waals surface area (Å²) in [5.74, 6) is 1.37. The van der Waals surface area contributed by atoms with E-state index in [4.69, 9.17) is 4.74 Å². The molecule has 1 aliphatic heterocycles. The van der Waals surface area contributed by atoms with Crippen LogP contribution in [-0.2, 0) is 0 Å². The summed E-state index contributed by atoms with van der Waals surface area (Å²) in [6, 6.07) is 5.29. The van der Waals surface area contributed by atoms with Gasteiger partial charge in [0.2, 0.25) is 0 Å². The number of phenolic OH excluding ortho intramolecular Hbond substituents is 1. The van der Waals surface area contributed by atoms with Crippen molar-refractivity contribution >= 4 is 18.3 Å². The average molecular weight is 341 g/mol. The molecule has 2 N–H and O–H groups in total. The zero-order valence-electron chi connectivity index (χ0n) is 13.5. The van der Waals surface area contributed by atoms with E-state index in [9.17, 15) is 9.90 Å². The van der Waals surface area contributed by atoms with Crippen LogP contribution < -0.4 is 10.1 Å². The van der Waals surface area contributed by atoms with Gasteiger partial charge in [-0.05, 0) is 56.3 Å². The maximum atomic E-state index is 12.6. The van der Waals surface area contributed by atoms with Gasteiger partial charge in [-0.3, -0.25) is 4.79 Å². The van der Waals surface area contributed by atoms with E-state index in [0.717, 1.165) is 38.4 Å². The number of likely N-dealkylation sites (tertiary alicyclic amines) is 1. The van der Waals surface area contributed by atoms with Gasteiger partial charge in [0.05, 0.1) is 12.7 Å². The number of carbonyl (C=O) groups excluding carboxylic acids is 1. The number of benzene rings is 1. The molecule has 0 radical (unpaired) electrons. The molecule has 3 rings (SSSR count). The molecule has 1 saturated carbocycles. The summed E-state index contributed by atoms with van der Waals surface area (Å²) in [4.78, 5) is 14.4. The number of phenols is 1. The van der Waals surface area contributed by atoms with Crippen LogP contribution in [0.4, 0.5) is 0 Å². The topological polar surface area (TPSA) is 61.8 Å². The minimum absolute atomic E-state index is 0. The molecule has 1 saturated heterocycles. The molecule has 6 heteroatoms. The van der Waals surface area contributed by atoms with Gasteiger partial charge in [-0.2, -0.15) is 0 Å². The molecule has 0 unspecified atom stereocenters. The Kier molecular flexibility index (Phi) is 6.13. The molecule has 0 atom stereocenters. The highest BCUT2D eigenvalue weighted by Crippen LogP contribution is 2.28. The quantitative estimate of drug-likeness (QED) is 0.864. The van der Waals surface area contributed by atoms with Crippen molar-refractivity contribution in [3.05, 3.63) is 23.8 Å². The third kappa shape index (κ3) is 4.52. The molecular formula is C17H25ClN2O3. The van der Waals surface area contributed by atoms with Crippen molar-refractivity contribution in [2.45, 2.75) is 31.7 Å². The van der Waals surface area contributed by atoms with E-state index < -0.39 is 0 Å². The first-order chi connectivity index (χ1) is 10.7. The number of methoxy groups -OCH3 is 1. The second kappa shape index (κ2) is 7.88. The van der Waals surface area contributed by atoms with E-state index in [0.29, 0.717) is 17.4 Å². The molecule has 0 bridgehead atoms. The smallest absolute Gasteiger partial charge is 0.257 e. The van der Waals surface area contributed by atoms with Crippen molar-refractivity contribution < 1.29 is 14.6 Å². The standard InChI is InChI=1S/C17H24N2O3.ClH/c1-22-14-4-5-16(20)15(10-14)17(21)19-8-6-13(7-9-19)18-11-12-2-3-12;/h4-5,10,12-13,18,20H,2-3,6-9,11H2,1H3;1H. The summed E-state index contributed by atoms with van der Waals surface area (Å²) in [5.41, 5.74) is 0.323. The van der Waals surface area contributed by atoms with E-state index in [1.807, 2.05) is 4.90 Å². The van der Waals surface area contributed by atoms with Gasteiger partial charge in [-0.25, -0.2) is 0 Å². The number of carbonyl (C=O) groups is 1. The molecule has 23 heavy (non-hydrogen) atoms. The second-order valence-electron chi connectivity index (χ2n) is 6.30. The van der Waals surface area contributed by atoms with Gasteiger partial charge in [0.1, 0.15) is 11.5 Å². The number of rotatable bonds is 5. The van der Waals surface area contributed by atoms with Gasteiger partial charge in [0.15, 0.2) is 0 Å². The largest absolute Gasteiger partial charge is 0.507 e. The van der Waals surface area contributed by atoms with Crippen LogP contribution in [0.15, 0.2) is 18.2 Å². The van der Waals surface area contributed by atoms with Crippen LogP contribution in [0, 0.1) is 5.92 Å². The molecule has 128 valence electrons. The minimum Gasteiger partial charge on any atom is -0.507 e. The summed E-state index contributed by atoms with van der Waals surface area (Å²) in [6.45, 7) is 2.59. The van der Waals surface area contributed by atoms with Crippen molar-refractivity contribution in [3.8, 4) is 11.5 Å². The summed E-state index contributed by atoms with van der Waals surface area (Å²) in [7, 11) is 1.55. The number of piperidine rings is 1. The van der Waals surface area contributed by atoms with Crippen LogP contribution in [0.1, 0.15) is 36.0 Å². The second-order valence-corrected chi connectivity index (χ2v) is 6.30. The number of hydrogen-bond donors (Lipinski definition) is 2. The van der Waals surface area contributed by atoms with E-state index in [1.54, 1.807) is 19.2 Å². The van der Waals surface area contributed by atoms with Crippen molar-refractivity contribution in [3.63, 3.8) is 0 Å². The number of nitrogens with zero attached hydrogens (tertiary/aromatic N) is 1. The fourth-order valence-electron chi connectivity index (χ4n) is 2.93. The Labute approximate surface area is 143 Å². The van der Waals surface area contributed by atoms with Crippen molar-refractivity contribution in [2.75, 3.05) is 26.7 Å². The maximum absolute atomic E-state index is 12.6. The summed E-state index contributed by atoms with van der Waals surface area (Å²) >= 11 is 0. The van der Waals surface area contributed by atoms with E-state index in [1.165, 1.54) is 18.9 Å². The van der Waals surface area contributed by atoms with Crippen LogP contribution in [0.2, 0.25) is 0 Å². The molecule has 2 fully saturated rings. The molecule has 1 aromatic rings. The molecular weight excluding hydrogens is 316 g/mol. The highest BCUT2D eigenvalue weighted by molar-refractivity contribution is 5.97. The van der Waals surface area contributed by atoms with Crippen molar-refractivity contribution in [1.29, 1.82) is 0 Å². The normalized spacial score (nSPS) is 18.4. The van der Waals surface area contributed by atoms with Crippen LogP contribution >= 0.6 is 12.4 Å². The lowest BCUT2D eigenvalue weighted by molar-refractivity contribution is 0.0701. The van der Waals surface area contributed by atoms with Gasteiger partial charge in [0.25, 0.3) is 5.91 Å². The highest BCUT2D eigenvalue weighted by Gasteiger charge is 2.27. The molecule has 1 aromatic carbocycles. The zero-order valence-corrected chi connectivity index (χ0v) is 14.3. The molecule has 5 nitrogen and oxygen atoms in total. The lowest BCUT2D eigenvalue weighted by Gasteiger charge is -2.32. The van der Waals surface area contributed by atoms with E-state index >= 15 is 0 Å². The number of ether oxygens (including phenoxy) is 1. The van der Waals surface area contributed by atoms with Crippen molar-refractivity contribution in [2.24, 2.45) is 5.92 Å². The highest BCUT2D eigenvalue weighted by atomic mass is 35.5. The minimum atomic E-state index is -0.114. The first-order valence-corrected chi connectivity index (χ1v) is 8.07. The third-order valence-corrected chi connectivity index (χ3v) is 4.61. The van der Waals surface area contributed by atoms with Gasteiger partial charge in [-0.1, -0.05) is 0 Å². The Morgan fingerprint density at radius 1 is 1.30 bits per heavy atom. The van der Waals surface area contributed by atoms with E-state index in [-0.39, 0.29) is 24.1 Å². The Morgan fingerprint density at radius 2 is 2.00 bits per heavy atom. The predicted molar refractivity (Wildman–Crippen MR) is 91.6 cm³/mol. The Morgan fingerprint density at radius 3 is 2.61 bits per heavy atom. The first-order valence-electron chi connectivity index (χ1n) is 8.07.